The molecule has 1 aromatic heterocycles. The van der Waals surface area contributed by atoms with E-state index in [2.05, 4.69) is 0 Å². The van der Waals surface area contributed by atoms with Gasteiger partial charge in [0.1, 0.15) is 5.75 Å². The Morgan fingerprint density at radius 3 is 2.84 bits per heavy atom. The van der Waals surface area contributed by atoms with E-state index in [0.717, 1.165) is 0 Å². The SMILES string of the molecule is CCOc1ccccc1C(=O)N1CCOC[C@@H]1CC(=O)c1ccco1. The summed E-state index contributed by atoms with van der Waals surface area (Å²) in [4.78, 5) is 27.1. The number of carbonyl (C=O) groups is 2. The van der Waals surface area contributed by atoms with Gasteiger partial charge in [-0.05, 0) is 31.2 Å². The highest BCUT2D eigenvalue weighted by Gasteiger charge is 2.31. The number of ether oxygens (including phenoxy) is 2. The Hall–Kier alpha value is -2.60. The molecular weight excluding hydrogens is 322 g/mol. The maximum absolute atomic E-state index is 13.0. The second kappa shape index (κ2) is 7.98. The largest absolute Gasteiger partial charge is 0.493 e. The smallest absolute Gasteiger partial charge is 0.258 e. The normalized spacial score (nSPS) is 17.3. The molecule has 6 heteroatoms. The summed E-state index contributed by atoms with van der Waals surface area (Å²) in [5.74, 6) is 0.561. The molecule has 0 aliphatic carbocycles. The van der Waals surface area contributed by atoms with Gasteiger partial charge in [-0.1, -0.05) is 12.1 Å². The molecule has 1 aliphatic rings. The number of Topliss-reactive ketones (excluding diaryl/α,β-unsaturated/α-hetero) is 1. The summed E-state index contributed by atoms with van der Waals surface area (Å²) in [7, 11) is 0. The average Bonchev–Trinajstić information content (AvgIpc) is 3.17. The van der Waals surface area contributed by atoms with Gasteiger partial charge in [0.2, 0.25) is 0 Å². The summed E-state index contributed by atoms with van der Waals surface area (Å²) in [5.41, 5.74) is 0.502. The molecule has 132 valence electrons. The van der Waals surface area contributed by atoms with Crippen molar-refractivity contribution in [3.05, 3.63) is 54.0 Å². The van der Waals surface area contributed by atoms with Crippen molar-refractivity contribution in [1.82, 2.24) is 4.90 Å². The van der Waals surface area contributed by atoms with Crippen LogP contribution < -0.4 is 4.74 Å². The van der Waals surface area contributed by atoms with Crippen LogP contribution in [0.4, 0.5) is 0 Å². The van der Waals surface area contributed by atoms with E-state index in [0.29, 0.717) is 43.4 Å². The molecule has 0 N–H and O–H groups in total. The molecule has 0 radical (unpaired) electrons. The second-order valence-electron chi connectivity index (χ2n) is 5.76. The van der Waals surface area contributed by atoms with Crippen LogP contribution in [-0.4, -0.2) is 49.0 Å². The van der Waals surface area contributed by atoms with E-state index in [-0.39, 0.29) is 24.2 Å². The number of para-hydroxylation sites is 1. The van der Waals surface area contributed by atoms with Gasteiger partial charge in [0.15, 0.2) is 11.5 Å². The first-order valence-corrected chi connectivity index (χ1v) is 8.38. The Balaban J connectivity index is 1.78. The van der Waals surface area contributed by atoms with Gasteiger partial charge < -0.3 is 18.8 Å². The Bertz CT molecular complexity index is 725. The van der Waals surface area contributed by atoms with Crippen molar-refractivity contribution in [2.24, 2.45) is 0 Å². The fourth-order valence-corrected chi connectivity index (χ4v) is 2.92. The number of nitrogens with zero attached hydrogens (tertiary/aromatic N) is 1. The number of hydrogen-bond donors (Lipinski definition) is 0. The standard InChI is InChI=1S/C19H21NO5/c1-2-24-17-7-4-3-6-15(17)19(22)20-9-11-23-13-14(20)12-16(21)18-8-5-10-25-18/h3-8,10,14H,2,9,11-13H2,1H3/t14-/m0/s1. The maximum atomic E-state index is 13.0. The predicted molar refractivity (Wildman–Crippen MR) is 90.9 cm³/mol. The second-order valence-corrected chi connectivity index (χ2v) is 5.76. The highest BCUT2D eigenvalue weighted by molar-refractivity contribution is 5.98. The molecule has 0 unspecified atom stereocenters. The number of furan rings is 1. The van der Waals surface area contributed by atoms with Crippen molar-refractivity contribution < 1.29 is 23.5 Å². The van der Waals surface area contributed by atoms with Crippen LogP contribution in [0.15, 0.2) is 47.1 Å². The van der Waals surface area contributed by atoms with E-state index in [1.54, 1.807) is 35.2 Å². The predicted octanol–water partition coefficient (Wildman–Crippen LogP) is 2.79. The van der Waals surface area contributed by atoms with Crippen molar-refractivity contribution in [3.63, 3.8) is 0 Å². The third kappa shape index (κ3) is 3.91. The third-order valence-electron chi connectivity index (χ3n) is 4.12. The Morgan fingerprint density at radius 2 is 2.08 bits per heavy atom. The lowest BCUT2D eigenvalue weighted by Crippen LogP contribution is -2.49. The molecule has 0 bridgehead atoms. The first kappa shape index (κ1) is 17.2. The molecule has 2 heterocycles. The van der Waals surface area contributed by atoms with Gasteiger partial charge in [-0.2, -0.15) is 0 Å². The minimum atomic E-state index is -0.325. The highest BCUT2D eigenvalue weighted by Crippen LogP contribution is 2.23. The van der Waals surface area contributed by atoms with Crippen molar-refractivity contribution in [3.8, 4) is 5.75 Å². The number of morpholine rings is 1. The lowest BCUT2D eigenvalue weighted by Gasteiger charge is -2.35. The number of benzene rings is 1. The van der Waals surface area contributed by atoms with E-state index < -0.39 is 0 Å². The molecule has 2 aromatic rings. The van der Waals surface area contributed by atoms with E-state index in [4.69, 9.17) is 13.9 Å². The van der Waals surface area contributed by atoms with E-state index in [1.165, 1.54) is 6.26 Å². The fourth-order valence-electron chi connectivity index (χ4n) is 2.92. The molecule has 1 amide bonds. The van der Waals surface area contributed by atoms with Crippen LogP contribution in [0.5, 0.6) is 5.75 Å². The number of ketones is 1. The molecule has 1 fully saturated rings. The number of hydrogen-bond acceptors (Lipinski definition) is 5. The van der Waals surface area contributed by atoms with Crippen LogP contribution >= 0.6 is 0 Å². The van der Waals surface area contributed by atoms with Crippen LogP contribution in [0.2, 0.25) is 0 Å². The molecular formula is C19H21NO5. The van der Waals surface area contributed by atoms with Crippen LogP contribution in [0, 0.1) is 0 Å². The maximum Gasteiger partial charge on any atom is 0.258 e. The summed E-state index contributed by atoms with van der Waals surface area (Å²) >= 11 is 0. The minimum Gasteiger partial charge on any atom is -0.493 e. The highest BCUT2D eigenvalue weighted by atomic mass is 16.5. The molecule has 3 rings (SSSR count). The Labute approximate surface area is 146 Å². The molecule has 1 atom stereocenters. The Morgan fingerprint density at radius 1 is 1.24 bits per heavy atom. The lowest BCUT2D eigenvalue weighted by molar-refractivity contribution is -0.00319. The monoisotopic (exact) mass is 343 g/mol. The van der Waals surface area contributed by atoms with E-state index in [1.807, 2.05) is 13.0 Å². The van der Waals surface area contributed by atoms with Gasteiger partial charge in [0.05, 0.1) is 37.7 Å². The van der Waals surface area contributed by atoms with Crippen LogP contribution in [0.3, 0.4) is 0 Å². The summed E-state index contributed by atoms with van der Waals surface area (Å²) in [6, 6.07) is 10.1. The Kier molecular flexibility index (Phi) is 5.50. The zero-order valence-corrected chi connectivity index (χ0v) is 14.1. The average molecular weight is 343 g/mol. The molecule has 1 aliphatic heterocycles. The molecule has 0 saturated carbocycles. The van der Waals surface area contributed by atoms with Gasteiger partial charge in [-0.15, -0.1) is 0 Å². The first-order valence-electron chi connectivity index (χ1n) is 8.38. The van der Waals surface area contributed by atoms with Crippen LogP contribution in [0.25, 0.3) is 0 Å². The van der Waals surface area contributed by atoms with Crippen LogP contribution in [-0.2, 0) is 4.74 Å². The zero-order valence-electron chi connectivity index (χ0n) is 14.1. The van der Waals surface area contributed by atoms with Gasteiger partial charge in [-0.3, -0.25) is 9.59 Å². The van der Waals surface area contributed by atoms with Crippen molar-refractivity contribution in [2.45, 2.75) is 19.4 Å². The van der Waals surface area contributed by atoms with Crippen LogP contribution in [0.1, 0.15) is 34.3 Å². The molecule has 25 heavy (non-hydrogen) atoms. The molecule has 6 nitrogen and oxygen atoms in total. The molecule has 0 spiro atoms. The van der Waals surface area contributed by atoms with E-state index in [9.17, 15) is 9.59 Å². The van der Waals surface area contributed by atoms with Gasteiger partial charge >= 0.3 is 0 Å². The zero-order chi connectivity index (χ0) is 17.6. The quantitative estimate of drug-likeness (QED) is 0.755. The molecule has 1 saturated heterocycles. The van der Waals surface area contributed by atoms with Gasteiger partial charge in [0.25, 0.3) is 5.91 Å². The summed E-state index contributed by atoms with van der Waals surface area (Å²) in [6.07, 6.45) is 1.63. The minimum absolute atomic E-state index is 0.142. The fraction of sp³-hybridized carbons (Fsp3) is 0.368. The van der Waals surface area contributed by atoms with Crippen molar-refractivity contribution in [2.75, 3.05) is 26.4 Å². The van der Waals surface area contributed by atoms with Crippen molar-refractivity contribution in [1.29, 1.82) is 0 Å². The summed E-state index contributed by atoms with van der Waals surface area (Å²) < 4.78 is 16.2. The van der Waals surface area contributed by atoms with Crippen molar-refractivity contribution >= 4 is 11.7 Å². The summed E-state index contributed by atoms with van der Waals surface area (Å²) in [5, 5.41) is 0. The number of rotatable bonds is 6. The topological polar surface area (TPSA) is 69.0 Å². The summed E-state index contributed by atoms with van der Waals surface area (Å²) in [6.45, 7) is 3.58. The molecule has 1 aromatic carbocycles. The lowest BCUT2D eigenvalue weighted by atomic mass is 10.0. The third-order valence-corrected chi connectivity index (χ3v) is 4.12. The van der Waals surface area contributed by atoms with Gasteiger partial charge in [-0.25, -0.2) is 0 Å². The number of carbonyl (C=O) groups excluding carboxylic acids is 2. The first-order chi connectivity index (χ1) is 12.2. The van der Waals surface area contributed by atoms with E-state index >= 15 is 0 Å². The van der Waals surface area contributed by atoms with Gasteiger partial charge in [0, 0.05) is 13.0 Å². The number of amides is 1.